The van der Waals surface area contributed by atoms with Crippen LogP contribution in [0.15, 0.2) is 42.5 Å². The van der Waals surface area contributed by atoms with Gasteiger partial charge in [-0.25, -0.2) is 0 Å². The number of aryl methyl sites for hydroxylation is 2. The summed E-state index contributed by atoms with van der Waals surface area (Å²) < 4.78 is 5.97. The number of hydrogen-bond donors (Lipinski definition) is 4. The molecule has 3 aliphatic rings. The Kier molecular flexibility index (Phi) is 13.8. The van der Waals surface area contributed by atoms with E-state index in [1.807, 2.05) is 30.0 Å². The second-order valence-corrected chi connectivity index (χ2v) is 16.0. The average Bonchev–Trinajstić information content (AvgIpc) is 3.12. The normalized spacial score (nSPS) is 24.9. The lowest BCUT2D eigenvalue weighted by Crippen LogP contribution is -2.60. The van der Waals surface area contributed by atoms with Crippen LogP contribution in [0.4, 0.5) is 0 Å². The van der Waals surface area contributed by atoms with Crippen LogP contribution in [0, 0.1) is 6.92 Å². The third-order valence-corrected chi connectivity index (χ3v) is 11.5. The highest BCUT2D eigenvalue weighted by atomic mass is 32.2. The number of aliphatic hydroxyl groups is 3. The molecule has 0 saturated carbocycles. The molecular weight excluding hydrogens is 683 g/mol. The van der Waals surface area contributed by atoms with E-state index in [0.717, 1.165) is 60.4 Å². The second-order valence-electron chi connectivity index (χ2n) is 15.1. The lowest BCUT2D eigenvalue weighted by molar-refractivity contribution is -0.200. The van der Waals surface area contributed by atoms with E-state index in [0.29, 0.717) is 52.0 Å². The molecule has 3 heterocycles. The molecule has 0 radical (unpaired) electrons. The van der Waals surface area contributed by atoms with Crippen molar-refractivity contribution < 1.29 is 34.4 Å². The number of aliphatic hydroxyl groups excluding tert-OH is 3. The Morgan fingerprint density at radius 3 is 2.15 bits per heavy atom. The number of likely N-dealkylation sites (N-methyl/N-ethyl adjacent to an activating group) is 1. The van der Waals surface area contributed by atoms with E-state index in [2.05, 4.69) is 46.4 Å². The predicted molar refractivity (Wildman–Crippen MR) is 202 cm³/mol. The molecule has 13 heteroatoms. The molecule has 52 heavy (non-hydrogen) atoms. The van der Waals surface area contributed by atoms with Gasteiger partial charge in [-0.05, 0) is 81.2 Å². The highest BCUT2D eigenvalue weighted by molar-refractivity contribution is 7.99. The van der Waals surface area contributed by atoms with Crippen LogP contribution >= 0.6 is 11.8 Å². The van der Waals surface area contributed by atoms with Crippen molar-refractivity contribution in [3.63, 3.8) is 0 Å². The van der Waals surface area contributed by atoms with Gasteiger partial charge in [0.15, 0.2) is 0 Å². The molecule has 0 spiro atoms. The van der Waals surface area contributed by atoms with Crippen molar-refractivity contribution in [2.45, 2.75) is 81.8 Å². The molecule has 0 aliphatic carbocycles. The lowest BCUT2D eigenvalue weighted by atomic mass is 9.91. The van der Waals surface area contributed by atoms with Gasteiger partial charge < -0.3 is 40.1 Å². The Labute approximate surface area is 312 Å². The van der Waals surface area contributed by atoms with E-state index in [4.69, 9.17) is 4.74 Å². The summed E-state index contributed by atoms with van der Waals surface area (Å²) in [6.07, 6.45) is -0.276. The Balaban J connectivity index is 1.04. The molecule has 5 rings (SSSR count). The van der Waals surface area contributed by atoms with Crippen molar-refractivity contribution in [1.82, 2.24) is 24.9 Å². The van der Waals surface area contributed by atoms with Crippen molar-refractivity contribution in [2.75, 3.05) is 72.2 Å². The largest absolute Gasteiger partial charge is 0.387 e. The van der Waals surface area contributed by atoms with Crippen LogP contribution in [0.5, 0.6) is 0 Å². The molecule has 0 aromatic heterocycles. The zero-order valence-corrected chi connectivity index (χ0v) is 32.1. The first-order valence-corrected chi connectivity index (χ1v) is 19.7. The van der Waals surface area contributed by atoms with Crippen molar-refractivity contribution in [3.05, 3.63) is 70.3 Å². The number of piperazine rings is 2. The fraction of sp³-hybridized carbons (Fsp3) is 0.615. The number of benzene rings is 2. The fourth-order valence-corrected chi connectivity index (χ4v) is 7.86. The first kappa shape index (κ1) is 40.2. The molecule has 5 atom stereocenters. The van der Waals surface area contributed by atoms with Gasteiger partial charge in [0.25, 0.3) is 0 Å². The van der Waals surface area contributed by atoms with Gasteiger partial charge in [0.1, 0.15) is 35.4 Å². The number of carbonyl (C=O) groups excluding carboxylic acids is 3. The lowest BCUT2D eigenvalue weighted by Gasteiger charge is -2.40. The molecule has 12 nitrogen and oxygen atoms in total. The summed E-state index contributed by atoms with van der Waals surface area (Å²) in [5, 5.41) is 34.3. The Hall–Kier alpha value is -3.04. The van der Waals surface area contributed by atoms with E-state index in [1.54, 1.807) is 25.0 Å². The zero-order valence-electron chi connectivity index (χ0n) is 31.3. The molecule has 0 unspecified atom stereocenters. The van der Waals surface area contributed by atoms with Gasteiger partial charge in [-0.2, -0.15) is 0 Å². The Morgan fingerprint density at radius 1 is 0.865 bits per heavy atom. The monoisotopic (exact) mass is 739 g/mol. The second kappa shape index (κ2) is 17.9. The topological polar surface area (TPSA) is 146 Å². The maximum atomic E-state index is 13.4. The first-order chi connectivity index (χ1) is 24.7. The number of nitrogens with zero attached hydrogens (tertiary/aromatic N) is 4. The van der Waals surface area contributed by atoms with E-state index >= 15 is 0 Å². The number of nitrogens with one attached hydrogen (secondary N) is 1. The van der Waals surface area contributed by atoms with Crippen molar-refractivity contribution >= 4 is 29.5 Å². The zero-order chi connectivity index (χ0) is 37.6. The van der Waals surface area contributed by atoms with E-state index in [1.165, 1.54) is 11.8 Å². The molecule has 0 bridgehead atoms. The quantitative estimate of drug-likeness (QED) is 0.253. The summed E-state index contributed by atoms with van der Waals surface area (Å²) in [6, 6.07) is 14.2. The van der Waals surface area contributed by atoms with Gasteiger partial charge in [-0.15, -0.1) is 11.8 Å². The average molecular weight is 740 g/mol. The van der Waals surface area contributed by atoms with Gasteiger partial charge in [0.05, 0.1) is 6.54 Å². The molecule has 286 valence electrons. The number of amides is 3. The smallest absolute Gasteiger partial charge is 0.247 e. The van der Waals surface area contributed by atoms with Crippen molar-refractivity contribution in [3.8, 4) is 0 Å². The molecule has 2 aromatic carbocycles. The first-order valence-electron chi connectivity index (χ1n) is 18.4. The fourth-order valence-electron chi connectivity index (χ4n) is 7.19. The SMILES string of the molecule is CS[C@H]1O[C@@H](c2ccc(C)c(Cc3ccc(CCCC(=O)NC(C)(C)C(=O)N4CCN(CC(=O)N5CCN(C)CC5)CC4)cc3)c2)[C@H](O)[C@@H](O)[C@@H]1O. The minimum absolute atomic E-state index is 0.106. The standard InChI is InChI=1S/C39H57N5O7S/c1-26-9-14-29(36-34(48)33(47)35(49)37(51-36)52-5)24-30(26)23-28-12-10-27(11-13-28)7-6-8-31(45)40-39(2,3)38(50)44-21-17-42(18-22-44)25-32(46)43-19-15-41(4)16-20-43/h9-14,24,33-37,47-49H,6-8,15-23,25H2,1-5H3,(H,40,45)/t33-,34-,35+,36+,37-/m1/s1. The molecular formula is C39H57N5O7S. The molecule has 3 aliphatic heterocycles. The van der Waals surface area contributed by atoms with Crippen LogP contribution in [-0.2, 0) is 32.0 Å². The Morgan fingerprint density at radius 2 is 1.50 bits per heavy atom. The molecule has 3 amide bonds. The Bertz CT molecular complexity index is 1520. The minimum Gasteiger partial charge on any atom is -0.387 e. The minimum atomic E-state index is -1.29. The van der Waals surface area contributed by atoms with Gasteiger partial charge in [0, 0.05) is 58.8 Å². The van der Waals surface area contributed by atoms with Crippen LogP contribution in [0.1, 0.15) is 60.6 Å². The number of ether oxygens (including phenoxy) is 1. The maximum absolute atomic E-state index is 13.4. The summed E-state index contributed by atoms with van der Waals surface area (Å²) in [4.78, 5) is 47.1. The van der Waals surface area contributed by atoms with Gasteiger partial charge >= 0.3 is 0 Å². The summed E-state index contributed by atoms with van der Waals surface area (Å²) in [5.41, 5.74) is 3.51. The van der Waals surface area contributed by atoms with Gasteiger partial charge in [-0.1, -0.05) is 42.5 Å². The van der Waals surface area contributed by atoms with Crippen LogP contribution in [0.25, 0.3) is 0 Å². The van der Waals surface area contributed by atoms with Crippen molar-refractivity contribution in [1.29, 1.82) is 0 Å². The summed E-state index contributed by atoms with van der Waals surface area (Å²) in [5.74, 6) is -0.111. The van der Waals surface area contributed by atoms with E-state index in [-0.39, 0.29) is 17.7 Å². The third kappa shape index (κ3) is 10.1. The molecule has 3 saturated heterocycles. The van der Waals surface area contributed by atoms with Gasteiger partial charge in [-0.3, -0.25) is 19.3 Å². The summed E-state index contributed by atoms with van der Waals surface area (Å²) in [7, 11) is 2.07. The number of carbonyl (C=O) groups is 3. The predicted octanol–water partition coefficient (Wildman–Crippen LogP) is 1.56. The number of rotatable bonds is 12. The maximum Gasteiger partial charge on any atom is 0.247 e. The van der Waals surface area contributed by atoms with Crippen LogP contribution in [0.2, 0.25) is 0 Å². The highest BCUT2D eigenvalue weighted by Crippen LogP contribution is 2.36. The highest BCUT2D eigenvalue weighted by Gasteiger charge is 2.44. The third-order valence-electron chi connectivity index (χ3n) is 10.7. The molecule has 3 fully saturated rings. The van der Waals surface area contributed by atoms with Crippen LogP contribution in [-0.4, -0.2) is 154 Å². The number of hydrogen-bond acceptors (Lipinski definition) is 10. The van der Waals surface area contributed by atoms with E-state index < -0.39 is 35.4 Å². The summed E-state index contributed by atoms with van der Waals surface area (Å²) >= 11 is 1.30. The summed E-state index contributed by atoms with van der Waals surface area (Å²) in [6.45, 7) is 11.6. The number of thioether (sulfide) groups is 1. The molecule has 4 N–H and O–H groups in total. The van der Waals surface area contributed by atoms with Crippen molar-refractivity contribution in [2.24, 2.45) is 0 Å². The van der Waals surface area contributed by atoms with Crippen LogP contribution in [0.3, 0.4) is 0 Å². The van der Waals surface area contributed by atoms with E-state index in [9.17, 15) is 29.7 Å². The molecule has 2 aromatic rings. The van der Waals surface area contributed by atoms with Gasteiger partial charge in [0.2, 0.25) is 17.7 Å². The van der Waals surface area contributed by atoms with Crippen LogP contribution < -0.4 is 5.32 Å².